The van der Waals surface area contributed by atoms with Gasteiger partial charge in [-0.05, 0) is 0 Å². The van der Waals surface area contributed by atoms with Gasteiger partial charge in [-0.15, -0.1) is 0 Å². The minimum absolute atomic E-state index is 0.0369. The van der Waals surface area contributed by atoms with Crippen LogP contribution in [0.5, 0.6) is 0 Å². The lowest BCUT2D eigenvalue weighted by atomic mass is 10.4. The van der Waals surface area contributed by atoms with Crippen molar-refractivity contribution in [3.8, 4) is 0 Å². The van der Waals surface area contributed by atoms with Crippen LogP contribution < -0.4 is 5.32 Å². The summed E-state index contributed by atoms with van der Waals surface area (Å²) >= 11 is 5.65. The molecular formula is C8H6ClN5O3. The summed E-state index contributed by atoms with van der Waals surface area (Å²) in [4.78, 5) is 17.7. The molecular weight excluding hydrogens is 250 g/mol. The zero-order chi connectivity index (χ0) is 12.3. The summed E-state index contributed by atoms with van der Waals surface area (Å²) in [7, 11) is 0. The van der Waals surface area contributed by atoms with Crippen LogP contribution in [0.25, 0.3) is 0 Å². The molecule has 8 nitrogen and oxygen atoms in total. The Balaban J connectivity index is 2.13. The van der Waals surface area contributed by atoms with E-state index in [0.29, 0.717) is 5.82 Å². The highest BCUT2D eigenvalue weighted by atomic mass is 35.5. The van der Waals surface area contributed by atoms with Gasteiger partial charge in [0.25, 0.3) is 5.69 Å². The zero-order valence-electron chi connectivity index (χ0n) is 8.33. The van der Waals surface area contributed by atoms with E-state index in [0.717, 1.165) is 0 Å². The molecule has 2 heterocycles. The van der Waals surface area contributed by atoms with Gasteiger partial charge in [-0.2, -0.15) is 4.98 Å². The SMILES string of the molecule is O=[N+]([O-])c1cc(Cl)nc(NCc2ncon2)c1. The van der Waals surface area contributed by atoms with Gasteiger partial charge < -0.3 is 9.84 Å². The van der Waals surface area contributed by atoms with Crippen molar-refractivity contribution in [1.82, 2.24) is 15.1 Å². The van der Waals surface area contributed by atoms with Gasteiger partial charge in [0, 0.05) is 0 Å². The number of anilines is 1. The fourth-order valence-electron chi connectivity index (χ4n) is 1.12. The standard InChI is InChI=1S/C8H6ClN5O3/c9-6-1-5(14(15)16)2-7(12-6)10-3-8-11-4-17-13-8/h1-2,4H,3H2,(H,10,12). The van der Waals surface area contributed by atoms with Crippen LogP contribution in [0.3, 0.4) is 0 Å². The van der Waals surface area contributed by atoms with Gasteiger partial charge in [0.05, 0.1) is 23.6 Å². The smallest absolute Gasteiger partial charge is 0.276 e. The van der Waals surface area contributed by atoms with Crippen LogP contribution >= 0.6 is 11.6 Å². The molecule has 1 N–H and O–H groups in total. The third kappa shape index (κ3) is 2.88. The van der Waals surface area contributed by atoms with Gasteiger partial charge in [-0.1, -0.05) is 16.8 Å². The molecule has 88 valence electrons. The van der Waals surface area contributed by atoms with Crippen molar-refractivity contribution in [2.24, 2.45) is 0 Å². The molecule has 0 saturated carbocycles. The molecule has 0 aromatic carbocycles. The summed E-state index contributed by atoms with van der Waals surface area (Å²) in [6.07, 6.45) is 1.19. The van der Waals surface area contributed by atoms with Crippen LogP contribution in [-0.2, 0) is 6.54 Å². The van der Waals surface area contributed by atoms with Crippen molar-refractivity contribution in [2.75, 3.05) is 5.32 Å². The molecule has 0 amide bonds. The molecule has 0 aliphatic rings. The van der Waals surface area contributed by atoms with Gasteiger partial charge in [0.15, 0.2) is 5.82 Å². The van der Waals surface area contributed by atoms with E-state index in [1.807, 2.05) is 0 Å². The number of nitrogens with zero attached hydrogens (tertiary/aromatic N) is 4. The van der Waals surface area contributed by atoms with E-state index in [4.69, 9.17) is 11.6 Å². The number of rotatable bonds is 4. The van der Waals surface area contributed by atoms with E-state index in [1.165, 1.54) is 18.5 Å². The predicted octanol–water partition coefficient (Wildman–Crippen LogP) is 1.64. The normalized spacial score (nSPS) is 10.2. The summed E-state index contributed by atoms with van der Waals surface area (Å²) in [5, 5.41) is 17.0. The Bertz CT molecular complexity index is 530. The van der Waals surface area contributed by atoms with Crippen molar-refractivity contribution in [1.29, 1.82) is 0 Å². The minimum Gasteiger partial charge on any atom is -0.362 e. The van der Waals surface area contributed by atoms with E-state index >= 15 is 0 Å². The Morgan fingerprint density at radius 2 is 2.35 bits per heavy atom. The number of nitrogens with one attached hydrogen (secondary N) is 1. The molecule has 2 rings (SSSR count). The van der Waals surface area contributed by atoms with E-state index in [9.17, 15) is 10.1 Å². The van der Waals surface area contributed by atoms with Crippen LogP contribution in [0.4, 0.5) is 11.5 Å². The van der Waals surface area contributed by atoms with Crippen molar-refractivity contribution in [2.45, 2.75) is 6.54 Å². The van der Waals surface area contributed by atoms with Crippen LogP contribution in [0.1, 0.15) is 5.82 Å². The topological polar surface area (TPSA) is 107 Å². The molecule has 2 aromatic heterocycles. The average molecular weight is 256 g/mol. The summed E-state index contributed by atoms with van der Waals surface area (Å²) in [5.74, 6) is 0.684. The van der Waals surface area contributed by atoms with Crippen molar-refractivity contribution in [3.05, 3.63) is 39.6 Å². The number of pyridine rings is 1. The van der Waals surface area contributed by atoms with E-state index in [1.54, 1.807) is 0 Å². The van der Waals surface area contributed by atoms with E-state index in [2.05, 4.69) is 25.0 Å². The third-order valence-electron chi connectivity index (χ3n) is 1.82. The van der Waals surface area contributed by atoms with Crippen LogP contribution in [0.15, 0.2) is 23.0 Å². The first-order chi connectivity index (χ1) is 8.15. The lowest BCUT2D eigenvalue weighted by Gasteiger charge is -2.02. The van der Waals surface area contributed by atoms with Gasteiger partial charge in [0.1, 0.15) is 11.0 Å². The van der Waals surface area contributed by atoms with Crippen LogP contribution in [0, 0.1) is 10.1 Å². The van der Waals surface area contributed by atoms with Gasteiger partial charge in [-0.25, -0.2) is 4.98 Å². The summed E-state index contributed by atoms with van der Waals surface area (Å²) in [6, 6.07) is 2.44. The second-order valence-corrected chi connectivity index (χ2v) is 3.38. The Hall–Kier alpha value is -2.22. The van der Waals surface area contributed by atoms with Gasteiger partial charge >= 0.3 is 0 Å². The Labute approximate surface area is 99.8 Å². The molecule has 0 spiro atoms. The van der Waals surface area contributed by atoms with E-state index < -0.39 is 4.92 Å². The molecule has 0 unspecified atom stereocenters. The molecule has 0 fully saturated rings. The monoisotopic (exact) mass is 255 g/mol. The molecule has 0 aliphatic heterocycles. The molecule has 0 radical (unpaired) electrons. The molecule has 0 bridgehead atoms. The first-order valence-electron chi connectivity index (χ1n) is 4.46. The average Bonchev–Trinajstić information content (AvgIpc) is 2.78. The lowest BCUT2D eigenvalue weighted by molar-refractivity contribution is -0.384. The van der Waals surface area contributed by atoms with Crippen molar-refractivity contribution < 1.29 is 9.45 Å². The highest BCUT2D eigenvalue weighted by Crippen LogP contribution is 2.20. The van der Waals surface area contributed by atoms with Crippen molar-refractivity contribution >= 4 is 23.1 Å². The quantitative estimate of drug-likeness (QED) is 0.503. The fraction of sp³-hybridized carbons (Fsp3) is 0.125. The van der Waals surface area contributed by atoms with Gasteiger partial charge in [-0.3, -0.25) is 10.1 Å². The minimum atomic E-state index is -0.549. The maximum Gasteiger partial charge on any atom is 0.276 e. The largest absolute Gasteiger partial charge is 0.362 e. The third-order valence-corrected chi connectivity index (χ3v) is 2.02. The zero-order valence-corrected chi connectivity index (χ0v) is 9.09. The second kappa shape index (κ2) is 4.74. The fourth-order valence-corrected chi connectivity index (χ4v) is 1.32. The Morgan fingerprint density at radius 3 is 3.00 bits per heavy atom. The Kier molecular flexibility index (Phi) is 3.15. The van der Waals surface area contributed by atoms with Crippen molar-refractivity contribution in [3.63, 3.8) is 0 Å². The highest BCUT2D eigenvalue weighted by Gasteiger charge is 2.10. The maximum atomic E-state index is 10.6. The second-order valence-electron chi connectivity index (χ2n) is 2.99. The number of aromatic nitrogens is 3. The predicted molar refractivity (Wildman–Crippen MR) is 57.5 cm³/mol. The number of hydrogen-bond donors (Lipinski definition) is 1. The molecule has 9 heteroatoms. The first kappa shape index (κ1) is 11.3. The lowest BCUT2D eigenvalue weighted by Crippen LogP contribution is -2.03. The summed E-state index contributed by atoms with van der Waals surface area (Å²) in [6.45, 7) is 0.237. The molecule has 0 saturated heterocycles. The Morgan fingerprint density at radius 1 is 1.53 bits per heavy atom. The molecule has 0 atom stereocenters. The van der Waals surface area contributed by atoms with Crippen LogP contribution in [-0.4, -0.2) is 20.0 Å². The van der Waals surface area contributed by atoms with Gasteiger partial charge in [0.2, 0.25) is 6.39 Å². The van der Waals surface area contributed by atoms with Crippen LogP contribution in [0.2, 0.25) is 5.15 Å². The molecule has 0 aliphatic carbocycles. The number of hydrogen-bond acceptors (Lipinski definition) is 7. The first-order valence-corrected chi connectivity index (χ1v) is 4.84. The number of halogens is 1. The number of nitro groups is 1. The van der Waals surface area contributed by atoms with E-state index in [-0.39, 0.29) is 23.2 Å². The molecule has 2 aromatic rings. The maximum absolute atomic E-state index is 10.6. The summed E-state index contributed by atoms with van der Waals surface area (Å²) < 4.78 is 4.53. The molecule has 17 heavy (non-hydrogen) atoms. The highest BCUT2D eigenvalue weighted by molar-refractivity contribution is 6.29. The summed E-state index contributed by atoms with van der Waals surface area (Å²) in [5.41, 5.74) is -0.138.